The number of ether oxygens (including phenoxy) is 1. The van der Waals surface area contributed by atoms with Crippen molar-refractivity contribution in [2.45, 2.75) is 59.6 Å². The van der Waals surface area contributed by atoms with Gasteiger partial charge in [-0.15, -0.1) is 11.3 Å². The highest BCUT2D eigenvalue weighted by atomic mass is 32.1. The number of esters is 1. The maximum Gasteiger partial charge on any atom is 0.358 e. The Hall–Kier alpha value is -2.16. The zero-order valence-electron chi connectivity index (χ0n) is 16.1. The molecule has 1 heterocycles. The second kappa shape index (κ2) is 9.51. The maximum atomic E-state index is 12.1. The number of hydrogen-bond donors (Lipinski definition) is 3. The topological polar surface area (TPSA) is 109 Å². The molecule has 0 unspecified atom stereocenters. The lowest BCUT2D eigenvalue weighted by Gasteiger charge is -2.21. The van der Waals surface area contributed by atoms with E-state index >= 15 is 0 Å². The number of amides is 3. The third-order valence-electron chi connectivity index (χ3n) is 3.09. The third kappa shape index (κ3) is 8.28. The van der Waals surface area contributed by atoms with E-state index in [0.29, 0.717) is 11.0 Å². The molecular formula is C17H28N4O4S. The number of nitrogens with one attached hydrogen (secondary N) is 3. The summed E-state index contributed by atoms with van der Waals surface area (Å²) < 4.78 is 5.07. The molecule has 0 saturated heterocycles. The number of rotatable bonds is 7. The van der Waals surface area contributed by atoms with E-state index < -0.39 is 29.6 Å². The molecule has 1 atom stereocenters. The fraction of sp³-hybridized carbons (Fsp3) is 0.647. The summed E-state index contributed by atoms with van der Waals surface area (Å²) in [4.78, 5) is 39.8. The summed E-state index contributed by atoms with van der Waals surface area (Å²) in [5.41, 5.74) is -0.357. The fourth-order valence-corrected chi connectivity index (χ4v) is 2.48. The molecule has 0 aliphatic carbocycles. The van der Waals surface area contributed by atoms with E-state index in [4.69, 9.17) is 4.74 Å². The van der Waals surface area contributed by atoms with Crippen molar-refractivity contribution in [3.63, 3.8) is 0 Å². The Kier molecular flexibility index (Phi) is 8.01. The van der Waals surface area contributed by atoms with Crippen LogP contribution in [0.3, 0.4) is 0 Å². The van der Waals surface area contributed by atoms with Crippen LogP contribution in [-0.4, -0.2) is 41.1 Å². The number of carbonyl (C=O) groups is 3. The molecule has 0 spiro atoms. The highest BCUT2D eigenvalue weighted by Crippen LogP contribution is 2.17. The van der Waals surface area contributed by atoms with Crippen molar-refractivity contribution in [2.24, 2.45) is 5.92 Å². The van der Waals surface area contributed by atoms with Crippen LogP contribution >= 0.6 is 11.3 Å². The molecule has 0 aliphatic heterocycles. The van der Waals surface area contributed by atoms with Crippen molar-refractivity contribution >= 4 is 34.4 Å². The zero-order valence-corrected chi connectivity index (χ0v) is 17.0. The number of imide groups is 1. The second-order valence-corrected chi connectivity index (χ2v) is 8.25. The van der Waals surface area contributed by atoms with Crippen LogP contribution in [0.25, 0.3) is 0 Å². The van der Waals surface area contributed by atoms with Crippen molar-refractivity contribution in [2.75, 3.05) is 11.9 Å². The largest absolute Gasteiger partial charge is 0.448 e. The van der Waals surface area contributed by atoms with Gasteiger partial charge in [0.15, 0.2) is 16.9 Å². The van der Waals surface area contributed by atoms with Crippen LogP contribution in [0.1, 0.15) is 58.5 Å². The monoisotopic (exact) mass is 384 g/mol. The molecule has 3 amide bonds. The smallest absolute Gasteiger partial charge is 0.358 e. The average molecular weight is 385 g/mol. The standard InChI is InChI=1S/C17H28N4O4S/c1-10(2)7-8-18-16-19-12(9-26-16)14(23)25-11(3)13(22)20-15(24)21-17(4,5)6/h9-11H,7-8H2,1-6H3,(H,18,19)(H2,20,21,22,24)/t11-/m0/s1. The molecule has 0 aliphatic rings. The normalized spacial score (nSPS) is 12.4. The summed E-state index contributed by atoms with van der Waals surface area (Å²) in [5, 5.41) is 10.1. The molecule has 1 rings (SSSR count). The van der Waals surface area contributed by atoms with Crippen LogP contribution in [0.5, 0.6) is 0 Å². The predicted octanol–water partition coefficient (Wildman–Crippen LogP) is 2.77. The first-order chi connectivity index (χ1) is 12.0. The molecule has 0 fully saturated rings. The number of aromatic nitrogens is 1. The summed E-state index contributed by atoms with van der Waals surface area (Å²) in [6, 6.07) is -0.643. The van der Waals surface area contributed by atoms with Gasteiger partial charge in [0.25, 0.3) is 5.91 Å². The van der Waals surface area contributed by atoms with Gasteiger partial charge in [-0.1, -0.05) is 13.8 Å². The minimum absolute atomic E-state index is 0.126. The highest BCUT2D eigenvalue weighted by Gasteiger charge is 2.23. The number of nitrogens with zero attached hydrogens (tertiary/aromatic N) is 1. The quantitative estimate of drug-likeness (QED) is 0.624. The number of hydrogen-bond acceptors (Lipinski definition) is 7. The Morgan fingerprint density at radius 1 is 1.23 bits per heavy atom. The van der Waals surface area contributed by atoms with Crippen molar-refractivity contribution in [3.05, 3.63) is 11.1 Å². The van der Waals surface area contributed by atoms with Crippen LogP contribution in [-0.2, 0) is 9.53 Å². The maximum absolute atomic E-state index is 12.1. The molecule has 26 heavy (non-hydrogen) atoms. The first kappa shape index (κ1) is 21.9. The Labute approximate surface area is 158 Å². The first-order valence-corrected chi connectivity index (χ1v) is 9.39. The van der Waals surface area contributed by atoms with Gasteiger partial charge in [0.05, 0.1) is 0 Å². The Morgan fingerprint density at radius 3 is 2.46 bits per heavy atom. The summed E-state index contributed by atoms with van der Waals surface area (Å²) >= 11 is 1.29. The van der Waals surface area contributed by atoms with Gasteiger partial charge >= 0.3 is 12.0 Å². The van der Waals surface area contributed by atoms with Crippen LogP contribution in [0.2, 0.25) is 0 Å². The van der Waals surface area contributed by atoms with E-state index in [1.54, 1.807) is 26.2 Å². The van der Waals surface area contributed by atoms with Gasteiger partial charge in [-0.05, 0) is 40.0 Å². The van der Waals surface area contributed by atoms with Crippen molar-refractivity contribution in [1.82, 2.24) is 15.6 Å². The number of carbonyl (C=O) groups excluding carboxylic acids is 3. The van der Waals surface area contributed by atoms with Crippen LogP contribution < -0.4 is 16.0 Å². The van der Waals surface area contributed by atoms with Gasteiger partial charge in [-0.25, -0.2) is 14.6 Å². The predicted molar refractivity (Wildman–Crippen MR) is 101 cm³/mol. The second-order valence-electron chi connectivity index (χ2n) is 7.39. The van der Waals surface area contributed by atoms with Gasteiger partial charge in [-0.2, -0.15) is 0 Å². The fourth-order valence-electron chi connectivity index (χ4n) is 1.78. The Balaban J connectivity index is 2.49. The Morgan fingerprint density at radius 2 is 1.88 bits per heavy atom. The van der Waals surface area contributed by atoms with Gasteiger partial charge in [0.1, 0.15) is 0 Å². The molecule has 3 N–H and O–H groups in total. The molecule has 0 bridgehead atoms. The van der Waals surface area contributed by atoms with E-state index in [1.807, 2.05) is 0 Å². The minimum atomic E-state index is -1.12. The molecule has 9 heteroatoms. The third-order valence-corrected chi connectivity index (χ3v) is 3.89. The SMILES string of the molecule is CC(C)CCNc1nc(C(=O)O[C@@H](C)C(=O)NC(=O)NC(C)(C)C)cs1. The highest BCUT2D eigenvalue weighted by molar-refractivity contribution is 7.13. The van der Waals surface area contributed by atoms with E-state index in [1.165, 1.54) is 18.3 Å². The summed E-state index contributed by atoms with van der Waals surface area (Å²) in [6.45, 7) is 11.8. The van der Waals surface area contributed by atoms with Crippen LogP contribution in [0, 0.1) is 5.92 Å². The summed E-state index contributed by atoms with van der Waals surface area (Å²) in [7, 11) is 0. The van der Waals surface area contributed by atoms with E-state index in [0.717, 1.165) is 13.0 Å². The molecule has 0 saturated carbocycles. The number of urea groups is 1. The zero-order chi connectivity index (χ0) is 19.9. The summed E-state index contributed by atoms with van der Waals surface area (Å²) in [5.74, 6) is -0.843. The van der Waals surface area contributed by atoms with Gasteiger partial charge in [0, 0.05) is 17.5 Å². The van der Waals surface area contributed by atoms with Crippen molar-refractivity contribution in [3.8, 4) is 0 Å². The van der Waals surface area contributed by atoms with E-state index in [2.05, 4.69) is 34.8 Å². The van der Waals surface area contributed by atoms with E-state index in [-0.39, 0.29) is 5.69 Å². The van der Waals surface area contributed by atoms with Gasteiger partial charge in [0.2, 0.25) is 0 Å². The molecule has 0 radical (unpaired) electrons. The molecule has 146 valence electrons. The van der Waals surface area contributed by atoms with Gasteiger partial charge < -0.3 is 15.4 Å². The lowest BCUT2D eigenvalue weighted by molar-refractivity contribution is -0.127. The number of anilines is 1. The molecular weight excluding hydrogens is 356 g/mol. The molecule has 0 aromatic carbocycles. The van der Waals surface area contributed by atoms with Crippen molar-refractivity contribution in [1.29, 1.82) is 0 Å². The minimum Gasteiger partial charge on any atom is -0.448 e. The summed E-state index contributed by atoms with van der Waals surface area (Å²) in [6.07, 6.45) is -0.125. The van der Waals surface area contributed by atoms with Crippen LogP contribution in [0.4, 0.5) is 9.93 Å². The molecule has 8 nitrogen and oxygen atoms in total. The van der Waals surface area contributed by atoms with Crippen LogP contribution in [0.15, 0.2) is 5.38 Å². The number of thiazole rings is 1. The van der Waals surface area contributed by atoms with Crippen molar-refractivity contribution < 1.29 is 19.1 Å². The average Bonchev–Trinajstić information content (AvgIpc) is 2.93. The molecule has 1 aromatic heterocycles. The van der Waals surface area contributed by atoms with Gasteiger partial charge in [-0.3, -0.25) is 10.1 Å². The van der Waals surface area contributed by atoms with E-state index in [9.17, 15) is 14.4 Å². The lowest BCUT2D eigenvalue weighted by atomic mass is 10.1. The lowest BCUT2D eigenvalue weighted by Crippen LogP contribution is -2.50. The Bertz CT molecular complexity index is 637. The first-order valence-electron chi connectivity index (χ1n) is 8.51. The molecule has 1 aromatic rings.